The number of benzene rings is 1. The predicted molar refractivity (Wildman–Crippen MR) is 100 cm³/mol. The molecule has 144 valence electrons. The number of sulfone groups is 1. The molecule has 0 radical (unpaired) electrons. The van der Waals surface area contributed by atoms with Crippen molar-refractivity contribution >= 4 is 26.8 Å². The predicted octanol–water partition coefficient (Wildman–Crippen LogP) is 0.294. The minimum atomic E-state index is -3.20. The summed E-state index contributed by atoms with van der Waals surface area (Å²) in [5.74, 6) is -0.451. The highest BCUT2D eigenvalue weighted by Gasteiger charge is 2.39. The zero-order valence-electron chi connectivity index (χ0n) is 14.8. The molecule has 2 aliphatic rings. The Morgan fingerprint density at radius 1 is 1.07 bits per heavy atom. The highest BCUT2D eigenvalue weighted by Crippen LogP contribution is 2.17. The summed E-state index contributed by atoms with van der Waals surface area (Å²) in [6.07, 6.45) is 3.10. The van der Waals surface area contributed by atoms with Gasteiger partial charge in [0.15, 0.2) is 9.84 Å². The summed E-state index contributed by atoms with van der Waals surface area (Å²) in [5, 5.41) is 6.24. The summed E-state index contributed by atoms with van der Waals surface area (Å²) in [5.41, 5.74) is 1.51. The molecular weight excluding hydrogens is 368 g/mol. The smallest absolute Gasteiger partial charge is 0.271 e. The van der Waals surface area contributed by atoms with Gasteiger partial charge in [0.05, 0.1) is 34.8 Å². The van der Waals surface area contributed by atoms with Crippen molar-refractivity contribution in [2.75, 3.05) is 24.7 Å². The third kappa shape index (κ3) is 4.26. The molecule has 2 atom stereocenters. The van der Waals surface area contributed by atoms with Crippen molar-refractivity contribution in [2.24, 2.45) is 0 Å². The molecule has 3 heterocycles. The molecule has 0 spiro atoms. The van der Waals surface area contributed by atoms with Gasteiger partial charge in [-0.3, -0.25) is 9.78 Å². The number of nitrogens with one attached hydrogen (secondary N) is 2. The molecule has 1 amide bonds. The number of hydrogen-bond donors (Lipinski definition) is 2. The molecule has 2 saturated heterocycles. The number of amides is 1. The van der Waals surface area contributed by atoms with E-state index in [-0.39, 0.29) is 29.3 Å². The lowest BCUT2D eigenvalue weighted by atomic mass is 10.1. The molecule has 0 bridgehead atoms. The molecular formula is C18H22N4O4S. The quantitative estimate of drug-likeness (QED) is 0.772. The average molecular weight is 390 g/mol. The SMILES string of the molecule is O=C(N[C@H]1CS(=O)(=O)C[C@H]1NC1CCOCC1)c1cnc2ccccc2n1. The van der Waals surface area contributed by atoms with Crippen LogP contribution in [0.15, 0.2) is 30.5 Å². The Labute approximate surface area is 157 Å². The number of hydrogen-bond acceptors (Lipinski definition) is 7. The van der Waals surface area contributed by atoms with E-state index in [9.17, 15) is 13.2 Å². The molecule has 2 aliphatic heterocycles. The van der Waals surface area contributed by atoms with Crippen LogP contribution in [0.25, 0.3) is 11.0 Å². The molecule has 0 aliphatic carbocycles. The van der Waals surface area contributed by atoms with Gasteiger partial charge in [-0.15, -0.1) is 0 Å². The van der Waals surface area contributed by atoms with Crippen molar-refractivity contribution in [1.29, 1.82) is 0 Å². The van der Waals surface area contributed by atoms with Crippen LogP contribution in [-0.2, 0) is 14.6 Å². The van der Waals surface area contributed by atoms with E-state index in [1.54, 1.807) is 6.07 Å². The van der Waals surface area contributed by atoms with Crippen molar-refractivity contribution in [3.8, 4) is 0 Å². The van der Waals surface area contributed by atoms with Gasteiger partial charge >= 0.3 is 0 Å². The van der Waals surface area contributed by atoms with Crippen molar-refractivity contribution in [3.05, 3.63) is 36.2 Å². The lowest BCUT2D eigenvalue weighted by Crippen LogP contribution is -2.53. The Morgan fingerprint density at radius 2 is 1.78 bits per heavy atom. The van der Waals surface area contributed by atoms with E-state index in [2.05, 4.69) is 20.6 Å². The summed E-state index contributed by atoms with van der Waals surface area (Å²) in [7, 11) is -3.20. The minimum absolute atomic E-state index is 0.0265. The number of para-hydroxylation sites is 2. The normalized spacial score (nSPS) is 25.5. The maximum atomic E-state index is 12.6. The lowest BCUT2D eigenvalue weighted by Gasteiger charge is -2.29. The lowest BCUT2D eigenvalue weighted by molar-refractivity contribution is 0.0738. The number of rotatable bonds is 4. The van der Waals surface area contributed by atoms with E-state index in [0.29, 0.717) is 24.2 Å². The Morgan fingerprint density at radius 3 is 2.56 bits per heavy atom. The van der Waals surface area contributed by atoms with Gasteiger partial charge in [0.2, 0.25) is 0 Å². The molecule has 1 aromatic heterocycles. The van der Waals surface area contributed by atoms with Gasteiger partial charge in [-0.2, -0.15) is 0 Å². The summed E-state index contributed by atoms with van der Waals surface area (Å²) < 4.78 is 29.6. The Kier molecular flexibility index (Phi) is 5.07. The molecule has 4 rings (SSSR count). The molecule has 27 heavy (non-hydrogen) atoms. The highest BCUT2D eigenvalue weighted by atomic mass is 32.2. The third-order valence-corrected chi connectivity index (χ3v) is 6.76. The van der Waals surface area contributed by atoms with Crippen LogP contribution in [0.1, 0.15) is 23.3 Å². The topological polar surface area (TPSA) is 110 Å². The van der Waals surface area contributed by atoms with Gasteiger partial charge in [0.1, 0.15) is 5.69 Å². The Hall–Kier alpha value is -2.10. The van der Waals surface area contributed by atoms with Crippen LogP contribution in [0.5, 0.6) is 0 Å². The largest absolute Gasteiger partial charge is 0.381 e. The van der Waals surface area contributed by atoms with E-state index >= 15 is 0 Å². The standard InChI is InChI=1S/C18H22N4O4S/c23-18(15-9-19-13-3-1-2-4-14(13)21-15)22-17-11-27(24,25)10-16(17)20-12-5-7-26-8-6-12/h1-4,9,12,16-17,20H,5-8,10-11H2,(H,22,23)/t16-,17+/m1/s1. The average Bonchev–Trinajstić information content (AvgIpc) is 2.95. The first-order valence-electron chi connectivity index (χ1n) is 9.07. The first-order valence-corrected chi connectivity index (χ1v) is 10.9. The van der Waals surface area contributed by atoms with Gasteiger partial charge in [0, 0.05) is 25.3 Å². The number of ether oxygens (including phenoxy) is 1. The van der Waals surface area contributed by atoms with E-state index in [1.165, 1.54) is 6.20 Å². The van der Waals surface area contributed by atoms with Crippen molar-refractivity contribution in [2.45, 2.75) is 31.0 Å². The van der Waals surface area contributed by atoms with Crippen LogP contribution < -0.4 is 10.6 Å². The minimum Gasteiger partial charge on any atom is -0.381 e. The van der Waals surface area contributed by atoms with E-state index in [0.717, 1.165) is 12.8 Å². The monoisotopic (exact) mass is 390 g/mol. The first kappa shape index (κ1) is 18.3. The summed E-state index contributed by atoms with van der Waals surface area (Å²) in [6.45, 7) is 1.34. The molecule has 1 aromatic carbocycles. The number of carbonyl (C=O) groups excluding carboxylic acids is 1. The fraction of sp³-hybridized carbons (Fsp3) is 0.500. The van der Waals surface area contributed by atoms with Crippen LogP contribution >= 0.6 is 0 Å². The third-order valence-electron chi connectivity index (χ3n) is 5.02. The second kappa shape index (κ2) is 7.49. The van der Waals surface area contributed by atoms with E-state index < -0.39 is 21.8 Å². The van der Waals surface area contributed by atoms with Gasteiger partial charge < -0.3 is 15.4 Å². The zero-order valence-corrected chi connectivity index (χ0v) is 15.6. The van der Waals surface area contributed by atoms with Gasteiger partial charge in [-0.05, 0) is 25.0 Å². The Bertz CT molecular complexity index is 943. The zero-order chi connectivity index (χ0) is 18.9. The highest BCUT2D eigenvalue weighted by molar-refractivity contribution is 7.91. The molecule has 2 fully saturated rings. The van der Waals surface area contributed by atoms with E-state index in [1.807, 2.05) is 18.2 Å². The second-order valence-electron chi connectivity index (χ2n) is 7.06. The second-order valence-corrected chi connectivity index (χ2v) is 9.21. The maximum absolute atomic E-state index is 12.6. The molecule has 2 aromatic rings. The Balaban J connectivity index is 1.48. The van der Waals surface area contributed by atoms with Gasteiger partial charge in [-0.25, -0.2) is 13.4 Å². The molecule has 0 saturated carbocycles. The molecule has 0 unspecified atom stereocenters. The van der Waals surface area contributed by atoms with Gasteiger partial charge in [0.25, 0.3) is 5.91 Å². The fourth-order valence-electron chi connectivity index (χ4n) is 3.63. The van der Waals surface area contributed by atoms with Crippen molar-refractivity contribution in [1.82, 2.24) is 20.6 Å². The van der Waals surface area contributed by atoms with Crippen LogP contribution in [0.2, 0.25) is 0 Å². The fourth-order valence-corrected chi connectivity index (χ4v) is 5.50. The van der Waals surface area contributed by atoms with Crippen molar-refractivity contribution < 1.29 is 17.9 Å². The number of aromatic nitrogens is 2. The van der Waals surface area contributed by atoms with E-state index in [4.69, 9.17) is 4.74 Å². The van der Waals surface area contributed by atoms with Crippen LogP contribution in [0, 0.1) is 0 Å². The number of fused-ring (bicyclic) bond motifs is 1. The summed E-state index contributed by atoms with van der Waals surface area (Å²) in [4.78, 5) is 21.2. The van der Waals surface area contributed by atoms with Crippen molar-refractivity contribution in [3.63, 3.8) is 0 Å². The number of carbonyl (C=O) groups is 1. The van der Waals surface area contributed by atoms with Crippen LogP contribution in [-0.4, -0.2) is 67.1 Å². The van der Waals surface area contributed by atoms with Crippen LogP contribution in [0.3, 0.4) is 0 Å². The maximum Gasteiger partial charge on any atom is 0.271 e. The van der Waals surface area contributed by atoms with Crippen LogP contribution in [0.4, 0.5) is 0 Å². The number of nitrogens with zero attached hydrogens (tertiary/aromatic N) is 2. The first-order chi connectivity index (χ1) is 13.0. The van der Waals surface area contributed by atoms with Gasteiger partial charge in [-0.1, -0.05) is 12.1 Å². The summed E-state index contributed by atoms with van der Waals surface area (Å²) in [6, 6.07) is 6.70. The molecule has 8 nitrogen and oxygen atoms in total. The molecule has 2 N–H and O–H groups in total. The summed E-state index contributed by atoms with van der Waals surface area (Å²) >= 11 is 0. The molecule has 9 heteroatoms.